The summed E-state index contributed by atoms with van der Waals surface area (Å²) in [4.78, 5) is 2.80. The Hall–Kier alpha value is -0.0400. The van der Waals surface area contributed by atoms with Crippen molar-refractivity contribution in [1.82, 2.24) is 4.90 Å². The van der Waals surface area contributed by atoms with E-state index in [0.717, 1.165) is 12.0 Å². The summed E-state index contributed by atoms with van der Waals surface area (Å²) in [6.45, 7) is 14.5. The molecule has 0 rings (SSSR count). The molecule has 0 aliphatic rings. The quantitative estimate of drug-likeness (QED) is 0.251. The molecule has 0 N–H and O–H groups in total. The predicted molar refractivity (Wildman–Crippen MR) is 107 cm³/mol. The second-order valence-electron chi connectivity index (χ2n) is 7.80. The SMILES string of the molecule is CCCCCCN(CCCCCC)C(C)CCCCC(C)CC. The van der Waals surface area contributed by atoms with Gasteiger partial charge in [-0.2, -0.15) is 0 Å². The van der Waals surface area contributed by atoms with E-state index in [1.165, 1.54) is 96.6 Å². The van der Waals surface area contributed by atoms with Gasteiger partial charge < -0.3 is 4.90 Å². The van der Waals surface area contributed by atoms with Crippen molar-refractivity contribution in [3.05, 3.63) is 0 Å². The number of nitrogens with zero attached hydrogens (tertiary/aromatic N) is 1. The number of hydrogen-bond acceptors (Lipinski definition) is 1. The van der Waals surface area contributed by atoms with E-state index < -0.39 is 0 Å². The lowest BCUT2D eigenvalue weighted by Crippen LogP contribution is -2.35. The van der Waals surface area contributed by atoms with Crippen LogP contribution < -0.4 is 0 Å². The van der Waals surface area contributed by atoms with E-state index in [1.807, 2.05) is 0 Å². The Morgan fingerprint density at radius 3 is 1.61 bits per heavy atom. The molecule has 0 aliphatic carbocycles. The molecule has 0 saturated carbocycles. The summed E-state index contributed by atoms with van der Waals surface area (Å²) in [5.41, 5.74) is 0. The molecular formula is C22H47N. The molecule has 1 heteroatoms. The maximum absolute atomic E-state index is 2.80. The molecule has 0 amide bonds. The molecule has 0 bridgehead atoms. The van der Waals surface area contributed by atoms with Crippen LogP contribution in [-0.2, 0) is 0 Å². The van der Waals surface area contributed by atoms with E-state index in [9.17, 15) is 0 Å². The minimum atomic E-state index is 0.787. The third kappa shape index (κ3) is 14.0. The maximum atomic E-state index is 2.80. The zero-order valence-electron chi connectivity index (χ0n) is 17.2. The van der Waals surface area contributed by atoms with Crippen molar-refractivity contribution in [3.63, 3.8) is 0 Å². The number of hydrogen-bond donors (Lipinski definition) is 0. The fourth-order valence-corrected chi connectivity index (χ4v) is 3.36. The van der Waals surface area contributed by atoms with E-state index in [0.29, 0.717) is 0 Å². The fraction of sp³-hybridized carbons (Fsp3) is 1.00. The van der Waals surface area contributed by atoms with Gasteiger partial charge in [0, 0.05) is 6.04 Å². The highest BCUT2D eigenvalue weighted by molar-refractivity contribution is 4.68. The summed E-state index contributed by atoms with van der Waals surface area (Å²) in [6, 6.07) is 0.787. The van der Waals surface area contributed by atoms with Crippen LogP contribution in [-0.4, -0.2) is 24.0 Å². The van der Waals surface area contributed by atoms with Gasteiger partial charge in [-0.3, -0.25) is 0 Å². The monoisotopic (exact) mass is 325 g/mol. The average Bonchev–Trinajstić information content (AvgIpc) is 2.56. The third-order valence-electron chi connectivity index (χ3n) is 5.49. The maximum Gasteiger partial charge on any atom is 0.00669 e. The summed E-state index contributed by atoms with van der Waals surface area (Å²) in [7, 11) is 0. The highest BCUT2D eigenvalue weighted by Gasteiger charge is 2.13. The Balaban J connectivity index is 4.01. The average molecular weight is 326 g/mol. The van der Waals surface area contributed by atoms with Crippen molar-refractivity contribution >= 4 is 0 Å². The largest absolute Gasteiger partial charge is 0.301 e. The Kier molecular flexibility index (Phi) is 16.8. The fourth-order valence-electron chi connectivity index (χ4n) is 3.36. The molecule has 1 nitrogen and oxygen atoms in total. The number of unbranched alkanes of at least 4 members (excludes halogenated alkanes) is 7. The van der Waals surface area contributed by atoms with Crippen LogP contribution in [0.4, 0.5) is 0 Å². The topological polar surface area (TPSA) is 3.24 Å². The highest BCUT2D eigenvalue weighted by atomic mass is 15.1. The van der Waals surface area contributed by atoms with Crippen molar-refractivity contribution in [3.8, 4) is 0 Å². The molecule has 2 atom stereocenters. The lowest BCUT2D eigenvalue weighted by atomic mass is 9.99. The van der Waals surface area contributed by atoms with Gasteiger partial charge in [-0.1, -0.05) is 91.9 Å². The van der Waals surface area contributed by atoms with Crippen LogP contribution in [0.1, 0.15) is 118 Å². The summed E-state index contributed by atoms with van der Waals surface area (Å²) in [5.74, 6) is 0.921. The van der Waals surface area contributed by atoms with Crippen LogP contribution in [0.25, 0.3) is 0 Å². The molecule has 0 fully saturated rings. The van der Waals surface area contributed by atoms with Crippen molar-refractivity contribution < 1.29 is 0 Å². The summed E-state index contributed by atoms with van der Waals surface area (Å²) < 4.78 is 0. The highest BCUT2D eigenvalue weighted by Crippen LogP contribution is 2.16. The van der Waals surface area contributed by atoms with Crippen molar-refractivity contribution in [2.75, 3.05) is 13.1 Å². The van der Waals surface area contributed by atoms with E-state index in [-0.39, 0.29) is 0 Å². The van der Waals surface area contributed by atoms with Crippen LogP contribution in [0.15, 0.2) is 0 Å². The lowest BCUT2D eigenvalue weighted by molar-refractivity contribution is 0.187. The second kappa shape index (κ2) is 16.8. The molecule has 140 valence electrons. The van der Waals surface area contributed by atoms with E-state index in [1.54, 1.807) is 0 Å². The Labute approximate surface area is 148 Å². The Morgan fingerprint density at radius 2 is 1.13 bits per heavy atom. The van der Waals surface area contributed by atoms with E-state index >= 15 is 0 Å². The molecule has 0 radical (unpaired) electrons. The van der Waals surface area contributed by atoms with Crippen LogP contribution in [0.2, 0.25) is 0 Å². The first-order valence-corrected chi connectivity index (χ1v) is 10.9. The molecule has 0 aromatic carbocycles. The Morgan fingerprint density at radius 1 is 0.609 bits per heavy atom. The molecule has 0 aromatic rings. The van der Waals surface area contributed by atoms with Crippen molar-refractivity contribution in [2.24, 2.45) is 5.92 Å². The van der Waals surface area contributed by atoms with Gasteiger partial charge in [0.25, 0.3) is 0 Å². The molecule has 0 aliphatic heterocycles. The zero-order chi connectivity index (χ0) is 17.3. The minimum Gasteiger partial charge on any atom is -0.301 e. The van der Waals surface area contributed by atoms with Gasteiger partial charge in [0.1, 0.15) is 0 Å². The van der Waals surface area contributed by atoms with Crippen LogP contribution in [0.5, 0.6) is 0 Å². The summed E-state index contributed by atoms with van der Waals surface area (Å²) in [5, 5.41) is 0. The van der Waals surface area contributed by atoms with Gasteiger partial charge in [0.15, 0.2) is 0 Å². The normalized spacial score (nSPS) is 14.3. The molecule has 23 heavy (non-hydrogen) atoms. The van der Waals surface area contributed by atoms with Gasteiger partial charge in [-0.15, -0.1) is 0 Å². The minimum absolute atomic E-state index is 0.787. The predicted octanol–water partition coefficient (Wildman–Crippen LogP) is 7.44. The molecule has 0 aromatic heterocycles. The molecule has 2 unspecified atom stereocenters. The van der Waals surface area contributed by atoms with Crippen molar-refractivity contribution in [2.45, 2.75) is 124 Å². The van der Waals surface area contributed by atoms with Crippen LogP contribution >= 0.6 is 0 Å². The summed E-state index contributed by atoms with van der Waals surface area (Å²) >= 11 is 0. The van der Waals surface area contributed by atoms with E-state index in [2.05, 4.69) is 39.5 Å². The van der Waals surface area contributed by atoms with E-state index in [4.69, 9.17) is 0 Å². The first-order valence-electron chi connectivity index (χ1n) is 10.9. The molecular weight excluding hydrogens is 278 g/mol. The lowest BCUT2D eigenvalue weighted by Gasteiger charge is -2.29. The van der Waals surface area contributed by atoms with Gasteiger partial charge in [-0.25, -0.2) is 0 Å². The standard InChI is InChI=1S/C22H47N/c1-6-9-11-15-19-23(20-16-12-10-7-2)22(5)18-14-13-17-21(4)8-3/h21-22H,6-20H2,1-5H3. The molecule has 0 saturated heterocycles. The summed E-state index contributed by atoms with van der Waals surface area (Å²) in [6.07, 6.45) is 18.2. The van der Waals surface area contributed by atoms with Crippen LogP contribution in [0, 0.1) is 5.92 Å². The van der Waals surface area contributed by atoms with Crippen molar-refractivity contribution in [1.29, 1.82) is 0 Å². The van der Waals surface area contributed by atoms with Gasteiger partial charge in [-0.05, 0) is 45.2 Å². The Bertz CT molecular complexity index is 214. The first kappa shape index (κ1) is 23.0. The number of rotatable bonds is 17. The van der Waals surface area contributed by atoms with Gasteiger partial charge in [0.2, 0.25) is 0 Å². The second-order valence-corrected chi connectivity index (χ2v) is 7.80. The zero-order valence-corrected chi connectivity index (χ0v) is 17.2. The molecule has 0 spiro atoms. The molecule has 0 heterocycles. The van der Waals surface area contributed by atoms with Gasteiger partial charge in [0.05, 0.1) is 0 Å². The third-order valence-corrected chi connectivity index (χ3v) is 5.49. The first-order chi connectivity index (χ1) is 11.2. The van der Waals surface area contributed by atoms with Crippen LogP contribution in [0.3, 0.4) is 0 Å². The van der Waals surface area contributed by atoms with Gasteiger partial charge >= 0.3 is 0 Å². The smallest absolute Gasteiger partial charge is 0.00669 e.